The minimum absolute atomic E-state index is 0.428. The van der Waals surface area contributed by atoms with Crippen molar-refractivity contribution in [3.63, 3.8) is 0 Å². The van der Waals surface area contributed by atoms with Crippen LogP contribution in [0.3, 0.4) is 0 Å². The molecule has 2 nitrogen and oxygen atoms in total. The lowest BCUT2D eigenvalue weighted by Gasteiger charge is -2.50. The molecule has 0 radical (unpaired) electrons. The maximum atomic E-state index is 6.47. The fourth-order valence-electron chi connectivity index (χ4n) is 4.84. The number of hydrogen-bond donors (Lipinski definition) is 1. The zero-order valence-corrected chi connectivity index (χ0v) is 12.2. The Bertz CT molecular complexity index is 299. The normalized spacial score (nSPS) is 44.8. The lowest BCUT2D eigenvalue weighted by Crippen LogP contribution is -2.58. The van der Waals surface area contributed by atoms with Gasteiger partial charge in [-0.25, -0.2) is 0 Å². The molecular weight excluding hydrogens is 220 g/mol. The van der Waals surface area contributed by atoms with Crippen LogP contribution in [-0.4, -0.2) is 29.6 Å². The zero-order chi connectivity index (χ0) is 12.8. The van der Waals surface area contributed by atoms with Crippen LogP contribution in [0.4, 0.5) is 0 Å². The molecule has 0 amide bonds. The molecule has 3 rings (SSSR count). The Morgan fingerprint density at radius 2 is 1.78 bits per heavy atom. The first-order valence-electron chi connectivity index (χ1n) is 8.08. The average Bonchev–Trinajstić information content (AvgIpc) is 2.80. The number of piperidine rings is 1. The third-order valence-corrected chi connectivity index (χ3v) is 5.87. The average molecular weight is 250 g/mol. The number of nitrogens with two attached hydrogens (primary N) is 1. The molecular formula is C16H30N2. The van der Waals surface area contributed by atoms with Gasteiger partial charge in [-0.2, -0.15) is 0 Å². The molecule has 104 valence electrons. The maximum Gasteiger partial charge on any atom is 0.0255 e. The van der Waals surface area contributed by atoms with E-state index in [0.717, 1.165) is 12.0 Å². The van der Waals surface area contributed by atoms with E-state index in [1.165, 1.54) is 57.9 Å². The number of nitrogens with zero attached hydrogens (tertiary/aromatic N) is 1. The van der Waals surface area contributed by atoms with Crippen molar-refractivity contribution in [2.45, 2.75) is 83.3 Å². The van der Waals surface area contributed by atoms with Gasteiger partial charge in [-0.15, -0.1) is 0 Å². The van der Waals surface area contributed by atoms with Crippen LogP contribution < -0.4 is 5.73 Å². The predicted octanol–water partition coefficient (Wildman–Crippen LogP) is 3.16. The van der Waals surface area contributed by atoms with Crippen LogP contribution in [0, 0.1) is 11.3 Å². The van der Waals surface area contributed by atoms with E-state index in [0.29, 0.717) is 17.5 Å². The van der Waals surface area contributed by atoms with E-state index in [9.17, 15) is 0 Å². The molecule has 18 heavy (non-hydrogen) atoms. The zero-order valence-electron chi connectivity index (χ0n) is 12.2. The summed E-state index contributed by atoms with van der Waals surface area (Å²) in [5.74, 6) is 0.996. The molecule has 2 saturated carbocycles. The van der Waals surface area contributed by atoms with Crippen molar-refractivity contribution in [3.05, 3.63) is 0 Å². The van der Waals surface area contributed by atoms with Crippen LogP contribution >= 0.6 is 0 Å². The summed E-state index contributed by atoms with van der Waals surface area (Å²) in [6, 6.07) is 1.97. The molecule has 3 aliphatic rings. The van der Waals surface area contributed by atoms with E-state index in [1.54, 1.807) is 0 Å². The SMILES string of the molecule is CC1(C)CCC(N)C(N2CCCC3CCCC32)C1. The summed E-state index contributed by atoms with van der Waals surface area (Å²) in [6.45, 7) is 6.18. The van der Waals surface area contributed by atoms with E-state index in [-0.39, 0.29) is 0 Å². The number of likely N-dealkylation sites (tertiary alicyclic amines) is 1. The van der Waals surface area contributed by atoms with Crippen molar-refractivity contribution >= 4 is 0 Å². The molecule has 0 spiro atoms. The minimum Gasteiger partial charge on any atom is -0.326 e. The van der Waals surface area contributed by atoms with E-state index in [1.807, 2.05) is 0 Å². The van der Waals surface area contributed by atoms with E-state index < -0.39 is 0 Å². The molecule has 2 heteroatoms. The Labute approximate surface area is 112 Å². The van der Waals surface area contributed by atoms with Gasteiger partial charge >= 0.3 is 0 Å². The fraction of sp³-hybridized carbons (Fsp3) is 1.00. The van der Waals surface area contributed by atoms with Crippen LogP contribution in [0.1, 0.15) is 65.2 Å². The largest absolute Gasteiger partial charge is 0.326 e. The first-order chi connectivity index (χ1) is 8.57. The summed E-state index contributed by atoms with van der Waals surface area (Å²) < 4.78 is 0. The van der Waals surface area contributed by atoms with E-state index >= 15 is 0 Å². The van der Waals surface area contributed by atoms with E-state index in [4.69, 9.17) is 5.73 Å². The van der Waals surface area contributed by atoms with Gasteiger partial charge in [-0.05, 0) is 62.8 Å². The van der Waals surface area contributed by atoms with Crippen LogP contribution in [-0.2, 0) is 0 Å². The molecule has 1 saturated heterocycles. The van der Waals surface area contributed by atoms with Gasteiger partial charge in [0.05, 0.1) is 0 Å². The van der Waals surface area contributed by atoms with E-state index in [2.05, 4.69) is 18.7 Å². The van der Waals surface area contributed by atoms with Gasteiger partial charge in [0.2, 0.25) is 0 Å². The number of rotatable bonds is 1. The van der Waals surface area contributed by atoms with Crippen molar-refractivity contribution in [2.75, 3.05) is 6.54 Å². The first-order valence-corrected chi connectivity index (χ1v) is 8.08. The van der Waals surface area contributed by atoms with Gasteiger partial charge in [0.1, 0.15) is 0 Å². The molecule has 2 N–H and O–H groups in total. The number of fused-ring (bicyclic) bond motifs is 1. The third-order valence-electron chi connectivity index (χ3n) is 5.87. The summed E-state index contributed by atoms with van der Waals surface area (Å²) in [5.41, 5.74) is 6.98. The molecule has 0 aromatic rings. The van der Waals surface area contributed by atoms with Gasteiger partial charge in [0.25, 0.3) is 0 Å². The van der Waals surface area contributed by atoms with Crippen molar-refractivity contribution in [1.82, 2.24) is 4.90 Å². The molecule has 0 bridgehead atoms. The smallest absolute Gasteiger partial charge is 0.0255 e. The molecule has 1 heterocycles. The highest BCUT2D eigenvalue weighted by Crippen LogP contribution is 2.43. The third kappa shape index (κ3) is 2.34. The standard InChI is InChI=1S/C16H30N2/c1-16(2)9-8-13(17)15(11-16)18-10-4-6-12-5-3-7-14(12)18/h12-15H,3-11,17H2,1-2H3. The highest BCUT2D eigenvalue weighted by atomic mass is 15.2. The summed E-state index contributed by atoms with van der Waals surface area (Å²) in [6.07, 6.45) is 11.1. The first kappa shape index (κ1) is 12.9. The van der Waals surface area contributed by atoms with Gasteiger partial charge in [0.15, 0.2) is 0 Å². The van der Waals surface area contributed by atoms with Crippen molar-refractivity contribution in [3.8, 4) is 0 Å². The van der Waals surface area contributed by atoms with Crippen molar-refractivity contribution in [2.24, 2.45) is 17.1 Å². The second kappa shape index (κ2) is 4.79. The Kier molecular flexibility index (Phi) is 3.44. The minimum atomic E-state index is 0.428. The molecule has 2 aliphatic carbocycles. The predicted molar refractivity (Wildman–Crippen MR) is 76.5 cm³/mol. The van der Waals surface area contributed by atoms with Crippen molar-refractivity contribution < 1.29 is 0 Å². The lowest BCUT2D eigenvalue weighted by molar-refractivity contribution is 0.0115. The molecule has 4 atom stereocenters. The van der Waals surface area contributed by atoms with Gasteiger partial charge in [-0.3, -0.25) is 4.90 Å². The Hall–Kier alpha value is -0.0800. The summed E-state index contributed by atoms with van der Waals surface area (Å²) in [7, 11) is 0. The topological polar surface area (TPSA) is 29.3 Å². The van der Waals surface area contributed by atoms with Crippen LogP contribution in [0.5, 0.6) is 0 Å². The molecule has 0 aromatic heterocycles. The summed E-state index contributed by atoms with van der Waals surface area (Å²) in [5, 5.41) is 0. The highest BCUT2D eigenvalue weighted by Gasteiger charge is 2.43. The Balaban J connectivity index is 1.75. The Morgan fingerprint density at radius 1 is 1.00 bits per heavy atom. The monoisotopic (exact) mass is 250 g/mol. The quantitative estimate of drug-likeness (QED) is 0.774. The Morgan fingerprint density at radius 3 is 2.61 bits per heavy atom. The van der Waals surface area contributed by atoms with Crippen LogP contribution in [0.25, 0.3) is 0 Å². The molecule has 1 aliphatic heterocycles. The van der Waals surface area contributed by atoms with Gasteiger partial charge < -0.3 is 5.73 Å². The van der Waals surface area contributed by atoms with Gasteiger partial charge in [0, 0.05) is 18.1 Å². The van der Waals surface area contributed by atoms with Crippen molar-refractivity contribution in [1.29, 1.82) is 0 Å². The second-order valence-electron chi connectivity index (χ2n) is 7.78. The molecule has 3 fully saturated rings. The van der Waals surface area contributed by atoms with Gasteiger partial charge in [-0.1, -0.05) is 20.3 Å². The summed E-state index contributed by atoms with van der Waals surface area (Å²) in [4.78, 5) is 2.84. The highest BCUT2D eigenvalue weighted by molar-refractivity contribution is 4.99. The fourth-order valence-corrected chi connectivity index (χ4v) is 4.84. The lowest BCUT2D eigenvalue weighted by atomic mass is 9.71. The summed E-state index contributed by atoms with van der Waals surface area (Å²) >= 11 is 0. The second-order valence-corrected chi connectivity index (χ2v) is 7.78. The van der Waals surface area contributed by atoms with Crippen LogP contribution in [0.15, 0.2) is 0 Å². The van der Waals surface area contributed by atoms with Crippen LogP contribution in [0.2, 0.25) is 0 Å². The molecule has 4 unspecified atom stereocenters. The molecule has 0 aromatic carbocycles. The number of hydrogen-bond acceptors (Lipinski definition) is 2. The maximum absolute atomic E-state index is 6.47.